The molecule has 1 saturated heterocycles. The molecule has 1 aliphatic carbocycles. The monoisotopic (exact) mass is 446 g/mol. The van der Waals surface area contributed by atoms with Gasteiger partial charge in [-0.15, -0.1) is 5.10 Å². The second-order valence-electron chi connectivity index (χ2n) is 8.42. The molecule has 2 atom stereocenters. The van der Waals surface area contributed by atoms with E-state index in [0.717, 1.165) is 24.8 Å². The number of sulfonamides is 1. The molecule has 31 heavy (non-hydrogen) atoms. The molecule has 0 aromatic carbocycles. The maximum absolute atomic E-state index is 11.8. The maximum Gasteiger partial charge on any atom is 0.243 e. The number of hydrogen-bond acceptors (Lipinski definition) is 8. The van der Waals surface area contributed by atoms with E-state index >= 15 is 0 Å². The molecule has 0 unspecified atom stereocenters. The van der Waals surface area contributed by atoms with Gasteiger partial charge in [-0.05, 0) is 31.6 Å². The smallest absolute Gasteiger partial charge is 0.243 e. The largest absolute Gasteiger partial charge is 0.484 e. The Morgan fingerprint density at radius 1 is 1.29 bits per heavy atom. The Morgan fingerprint density at radius 2 is 2.13 bits per heavy atom. The average Bonchev–Trinajstić information content (AvgIpc) is 3.34. The predicted molar refractivity (Wildman–Crippen MR) is 114 cm³/mol. The van der Waals surface area contributed by atoms with E-state index in [9.17, 15) is 8.42 Å². The molecule has 0 bridgehead atoms. The molecule has 2 N–H and O–H groups in total. The number of piperidine rings is 1. The Morgan fingerprint density at radius 3 is 2.77 bits per heavy atom. The van der Waals surface area contributed by atoms with Gasteiger partial charge in [0.2, 0.25) is 21.6 Å². The van der Waals surface area contributed by atoms with Gasteiger partial charge >= 0.3 is 0 Å². The van der Waals surface area contributed by atoms with Crippen molar-refractivity contribution in [3.05, 3.63) is 18.7 Å². The summed E-state index contributed by atoms with van der Waals surface area (Å²) in [6.45, 7) is 3.00. The van der Waals surface area contributed by atoms with Gasteiger partial charge in [0, 0.05) is 30.9 Å². The third kappa shape index (κ3) is 3.97. The summed E-state index contributed by atoms with van der Waals surface area (Å²) in [5.41, 5.74) is 2.11. The first-order chi connectivity index (χ1) is 14.9. The zero-order chi connectivity index (χ0) is 21.6. The van der Waals surface area contributed by atoms with Crippen LogP contribution in [0, 0.1) is 5.92 Å². The Hall–Kier alpha value is -2.73. The number of nitrogens with one attached hydrogen (secondary N) is 2. The van der Waals surface area contributed by atoms with Crippen LogP contribution in [-0.4, -0.2) is 74.0 Å². The normalized spacial score (nSPS) is 23.0. The van der Waals surface area contributed by atoms with E-state index in [1.54, 1.807) is 23.2 Å². The topological polar surface area (TPSA) is 130 Å². The summed E-state index contributed by atoms with van der Waals surface area (Å²) in [4.78, 5) is 9.25. The minimum absolute atomic E-state index is 0.0766. The van der Waals surface area contributed by atoms with Crippen molar-refractivity contribution in [2.75, 3.05) is 24.7 Å². The van der Waals surface area contributed by atoms with Crippen LogP contribution in [0.25, 0.3) is 16.9 Å². The average molecular weight is 447 g/mol. The standard InChI is InChI=1S/C19H26N8O3S/c1-12-10-26(31(2,28)29)7-6-15(12)23-19-24-18-17(30-14-4-3-5-14)16(13-8-21-22-9-13)20-11-27(18)25-19/h8-9,11-12,14-15H,3-7,10H2,1-2H3,(H,21,22)(H,23,25)/t12-,15+/m1/s1. The van der Waals surface area contributed by atoms with Crippen LogP contribution in [0.2, 0.25) is 0 Å². The highest BCUT2D eigenvalue weighted by Crippen LogP contribution is 2.35. The number of aromatic nitrogens is 6. The summed E-state index contributed by atoms with van der Waals surface area (Å²) in [6.07, 6.45) is 10.4. The molecule has 3 aromatic heterocycles. The second-order valence-corrected chi connectivity index (χ2v) is 10.4. The van der Waals surface area contributed by atoms with E-state index in [1.165, 1.54) is 10.6 Å². The quantitative estimate of drug-likeness (QED) is 0.583. The van der Waals surface area contributed by atoms with E-state index in [-0.39, 0.29) is 18.1 Å². The van der Waals surface area contributed by atoms with Gasteiger partial charge in [0.05, 0.1) is 18.6 Å². The summed E-state index contributed by atoms with van der Waals surface area (Å²) in [6, 6.07) is 0.0766. The molecule has 12 heteroatoms. The maximum atomic E-state index is 11.8. The van der Waals surface area contributed by atoms with Crippen molar-refractivity contribution in [3.63, 3.8) is 0 Å². The van der Waals surface area contributed by atoms with Crippen LogP contribution in [0.4, 0.5) is 5.95 Å². The number of rotatable bonds is 6. The Kier molecular flexibility index (Phi) is 5.05. The minimum Gasteiger partial charge on any atom is -0.484 e. The van der Waals surface area contributed by atoms with Crippen molar-refractivity contribution in [1.29, 1.82) is 0 Å². The van der Waals surface area contributed by atoms with Crippen molar-refractivity contribution in [2.45, 2.75) is 44.8 Å². The number of fused-ring (bicyclic) bond motifs is 1. The van der Waals surface area contributed by atoms with Gasteiger partial charge in [-0.3, -0.25) is 5.10 Å². The number of nitrogens with zero attached hydrogens (tertiary/aromatic N) is 6. The van der Waals surface area contributed by atoms with Gasteiger partial charge in [-0.1, -0.05) is 6.92 Å². The first-order valence-corrected chi connectivity index (χ1v) is 12.4. The Labute approximate surface area is 180 Å². The van der Waals surface area contributed by atoms with Crippen LogP contribution < -0.4 is 10.1 Å². The van der Waals surface area contributed by atoms with Crippen LogP contribution in [0.5, 0.6) is 5.75 Å². The number of hydrogen-bond donors (Lipinski definition) is 2. The van der Waals surface area contributed by atoms with E-state index in [0.29, 0.717) is 42.5 Å². The van der Waals surface area contributed by atoms with Crippen LogP contribution in [0.15, 0.2) is 18.7 Å². The molecule has 0 amide bonds. The molecule has 1 saturated carbocycles. The summed E-state index contributed by atoms with van der Waals surface area (Å²) in [7, 11) is -3.18. The lowest BCUT2D eigenvalue weighted by Gasteiger charge is -2.35. The Bertz CT molecular complexity index is 1170. The van der Waals surface area contributed by atoms with Crippen LogP contribution in [0.1, 0.15) is 32.6 Å². The van der Waals surface area contributed by atoms with Crippen LogP contribution in [-0.2, 0) is 10.0 Å². The van der Waals surface area contributed by atoms with E-state index in [1.807, 2.05) is 6.92 Å². The summed E-state index contributed by atoms with van der Waals surface area (Å²) < 4.78 is 33.1. The fourth-order valence-electron chi connectivity index (χ4n) is 4.04. The fourth-order valence-corrected chi connectivity index (χ4v) is 4.98. The molecule has 4 heterocycles. The summed E-state index contributed by atoms with van der Waals surface area (Å²) >= 11 is 0. The highest BCUT2D eigenvalue weighted by atomic mass is 32.2. The number of ether oxygens (including phenoxy) is 1. The number of anilines is 1. The van der Waals surface area contributed by atoms with E-state index < -0.39 is 10.0 Å². The molecule has 0 radical (unpaired) electrons. The third-order valence-electron chi connectivity index (χ3n) is 6.11. The van der Waals surface area contributed by atoms with Crippen molar-refractivity contribution in [1.82, 2.24) is 34.1 Å². The predicted octanol–water partition coefficient (Wildman–Crippen LogP) is 1.53. The first-order valence-electron chi connectivity index (χ1n) is 10.5. The third-order valence-corrected chi connectivity index (χ3v) is 7.38. The molecule has 3 aromatic rings. The van der Waals surface area contributed by atoms with Gasteiger partial charge < -0.3 is 10.1 Å². The zero-order valence-corrected chi connectivity index (χ0v) is 18.3. The van der Waals surface area contributed by atoms with Gasteiger partial charge in [-0.25, -0.2) is 17.7 Å². The molecule has 2 aliphatic rings. The lowest BCUT2D eigenvalue weighted by molar-refractivity contribution is 0.121. The van der Waals surface area contributed by atoms with Crippen LogP contribution >= 0.6 is 0 Å². The fraction of sp³-hybridized carbons (Fsp3) is 0.579. The molecule has 11 nitrogen and oxygen atoms in total. The number of aromatic amines is 1. The van der Waals surface area contributed by atoms with Gasteiger partial charge in [0.25, 0.3) is 0 Å². The lowest BCUT2D eigenvalue weighted by Crippen LogP contribution is -2.47. The summed E-state index contributed by atoms with van der Waals surface area (Å²) in [5.74, 6) is 1.21. The van der Waals surface area contributed by atoms with Crippen LogP contribution in [0.3, 0.4) is 0 Å². The molecule has 5 rings (SSSR count). The summed E-state index contributed by atoms with van der Waals surface area (Å²) in [5, 5.41) is 14.8. The highest BCUT2D eigenvalue weighted by Gasteiger charge is 2.31. The van der Waals surface area contributed by atoms with Gasteiger partial charge in [0.15, 0.2) is 5.75 Å². The van der Waals surface area contributed by atoms with E-state index in [2.05, 4.69) is 25.6 Å². The molecule has 2 fully saturated rings. The highest BCUT2D eigenvalue weighted by molar-refractivity contribution is 7.88. The lowest BCUT2D eigenvalue weighted by atomic mass is 9.95. The van der Waals surface area contributed by atoms with Gasteiger partial charge in [-0.2, -0.15) is 14.6 Å². The molecular weight excluding hydrogens is 420 g/mol. The molecular formula is C19H26N8O3S. The van der Waals surface area contributed by atoms with Crippen molar-refractivity contribution < 1.29 is 13.2 Å². The van der Waals surface area contributed by atoms with Gasteiger partial charge in [0.1, 0.15) is 12.0 Å². The SMILES string of the molecule is C[C@@H]1CN(S(C)(=O)=O)CC[C@@H]1Nc1nc2c(OC3CCC3)c(-c3cn[nH]c3)ncn2n1. The minimum atomic E-state index is -3.18. The van der Waals surface area contributed by atoms with Crippen molar-refractivity contribution >= 4 is 21.6 Å². The first kappa shape index (κ1) is 20.2. The van der Waals surface area contributed by atoms with E-state index in [4.69, 9.17) is 9.72 Å². The number of H-pyrrole nitrogens is 1. The molecule has 1 aliphatic heterocycles. The molecule has 166 valence electrons. The van der Waals surface area contributed by atoms with Crippen molar-refractivity contribution in [3.8, 4) is 17.0 Å². The Balaban J connectivity index is 1.42. The van der Waals surface area contributed by atoms with Crippen molar-refractivity contribution in [2.24, 2.45) is 5.92 Å². The zero-order valence-electron chi connectivity index (χ0n) is 17.5. The molecule has 0 spiro atoms. The second kappa shape index (κ2) is 7.75.